The lowest BCUT2D eigenvalue weighted by Crippen LogP contribution is -2.17. The van der Waals surface area contributed by atoms with E-state index in [-0.39, 0.29) is 0 Å². The summed E-state index contributed by atoms with van der Waals surface area (Å²) in [5.41, 5.74) is 0. The summed E-state index contributed by atoms with van der Waals surface area (Å²) in [6, 6.07) is 0. The van der Waals surface area contributed by atoms with Gasteiger partial charge in [0, 0.05) is 0 Å². The Bertz CT molecular complexity index is 206. The minimum atomic E-state index is -3.91. The molecule has 1 unspecified atom stereocenters. The van der Waals surface area contributed by atoms with Crippen LogP contribution in [0.25, 0.3) is 0 Å². The second kappa shape index (κ2) is 4.51. The van der Waals surface area contributed by atoms with Crippen molar-refractivity contribution in [2.45, 2.75) is 31.4 Å². The van der Waals surface area contributed by atoms with Crippen LogP contribution in [0.5, 0.6) is 0 Å². The number of hydrogen-bond acceptors (Lipinski definition) is 2. The average molecular weight is 178 g/mol. The van der Waals surface area contributed by atoms with Crippen molar-refractivity contribution in [2.24, 2.45) is 0 Å². The van der Waals surface area contributed by atoms with Gasteiger partial charge < -0.3 is 0 Å². The first-order valence-electron chi connectivity index (χ1n) is 3.61. The first kappa shape index (κ1) is 10.7. The summed E-state index contributed by atoms with van der Waals surface area (Å²) in [4.78, 5) is 0. The fourth-order valence-corrected chi connectivity index (χ4v) is 1.50. The third-order valence-corrected chi connectivity index (χ3v) is 2.68. The second-order valence-electron chi connectivity index (χ2n) is 2.43. The Morgan fingerprint density at radius 2 is 2.18 bits per heavy atom. The van der Waals surface area contributed by atoms with Crippen molar-refractivity contribution in [2.75, 3.05) is 0 Å². The van der Waals surface area contributed by atoms with Crippen LogP contribution in [0.2, 0.25) is 0 Å². The number of hydrogen-bond donors (Lipinski definition) is 1. The highest BCUT2D eigenvalue weighted by Gasteiger charge is 2.17. The van der Waals surface area contributed by atoms with Crippen molar-refractivity contribution in [1.82, 2.24) is 0 Å². The molecule has 0 saturated carbocycles. The number of rotatable bonds is 5. The van der Waals surface area contributed by atoms with Gasteiger partial charge in [0.25, 0.3) is 10.1 Å². The Balaban J connectivity index is 4.08. The maximum Gasteiger partial charge on any atom is 0.271 e. The third kappa shape index (κ3) is 4.16. The van der Waals surface area contributed by atoms with Gasteiger partial charge >= 0.3 is 0 Å². The minimum Gasteiger partial charge on any atom is -0.285 e. The molecular weight excluding hydrogens is 164 g/mol. The van der Waals surface area contributed by atoms with Crippen LogP contribution in [0.3, 0.4) is 0 Å². The Kier molecular flexibility index (Phi) is 4.37. The molecule has 0 bridgehead atoms. The zero-order valence-corrected chi connectivity index (χ0v) is 7.47. The zero-order chi connectivity index (χ0) is 8.91. The molecule has 1 N–H and O–H groups in total. The second-order valence-corrected chi connectivity index (χ2v) is 4.07. The van der Waals surface area contributed by atoms with Crippen molar-refractivity contribution < 1.29 is 13.0 Å². The lowest BCUT2D eigenvalue weighted by molar-refractivity contribution is 0.469. The predicted molar refractivity (Wildman–Crippen MR) is 45.1 cm³/mol. The maximum atomic E-state index is 10.6. The Morgan fingerprint density at radius 1 is 1.64 bits per heavy atom. The summed E-state index contributed by atoms with van der Waals surface area (Å²) >= 11 is 0. The summed E-state index contributed by atoms with van der Waals surface area (Å²) < 4.78 is 29.7. The molecule has 0 heterocycles. The first-order valence-corrected chi connectivity index (χ1v) is 5.11. The lowest BCUT2D eigenvalue weighted by Gasteiger charge is -2.06. The Labute approximate surface area is 67.9 Å². The van der Waals surface area contributed by atoms with Gasteiger partial charge in [0.15, 0.2) is 0 Å². The molecule has 0 aromatic carbocycles. The Morgan fingerprint density at radius 3 is 2.45 bits per heavy atom. The topological polar surface area (TPSA) is 54.4 Å². The van der Waals surface area contributed by atoms with E-state index < -0.39 is 15.4 Å². The molecule has 4 heteroatoms. The molecule has 0 saturated heterocycles. The van der Waals surface area contributed by atoms with Crippen LogP contribution in [0.15, 0.2) is 12.7 Å². The molecule has 0 rings (SSSR count). The summed E-state index contributed by atoms with van der Waals surface area (Å²) in [6.07, 6.45) is 3.43. The van der Waals surface area contributed by atoms with Crippen LogP contribution in [0, 0.1) is 0 Å². The predicted octanol–water partition coefficient (Wildman–Crippen LogP) is 1.62. The van der Waals surface area contributed by atoms with Gasteiger partial charge in [-0.1, -0.05) is 25.8 Å². The molecule has 0 amide bonds. The zero-order valence-electron chi connectivity index (χ0n) is 6.66. The maximum absolute atomic E-state index is 10.6. The fourth-order valence-electron chi connectivity index (χ4n) is 0.794. The van der Waals surface area contributed by atoms with Crippen LogP contribution in [-0.4, -0.2) is 18.2 Å². The summed E-state index contributed by atoms with van der Waals surface area (Å²) in [7, 11) is -3.91. The van der Waals surface area contributed by atoms with Gasteiger partial charge in [-0.05, 0) is 6.42 Å². The van der Waals surface area contributed by atoms with Crippen molar-refractivity contribution >= 4 is 10.1 Å². The smallest absolute Gasteiger partial charge is 0.271 e. The van der Waals surface area contributed by atoms with Gasteiger partial charge in [-0.3, -0.25) is 4.55 Å². The third-order valence-electron chi connectivity index (χ3n) is 1.49. The van der Waals surface area contributed by atoms with E-state index >= 15 is 0 Å². The van der Waals surface area contributed by atoms with Gasteiger partial charge in [-0.25, -0.2) is 0 Å². The standard InChI is InChI=1S/C7H14O3S/c1-3-5-6-7(4-2)11(8,9)10/h4,7H,2-3,5-6H2,1H3,(H,8,9,10). The monoisotopic (exact) mass is 178 g/mol. The molecule has 0 spiro atoms. The summed E-state index contributed by atoms with van der Waals surface area (Å²) in [5.74, 6) is 0. The van der Waals surface area contributed by atoms with Crippen molar-refractivity contribution in [3.05, 3.63) is 12.7 Å². The van der Waals surface area contributed by atoms with E-state index in [9.17, 15) is 8.42 Å². The van der Waals surface area contributed by atoms with Gasteiger partial charge in [0.1, 0.15) is 5.25 Å². The van der Waals surface area contributed by atoms with Gasteiger partial charge in [0.2, 0.25) is 0 Å². The molecular formula is C7H14O3S. The molecule has 0 aliphatic heterocycles. The quantitative estimate of drug-likeness (QED) is 0.514. The van der Waals surface area contributed by atoms with E-state index in [1.54, 1.807) is 0 Å². The van der Waals surface area contributed by atoms with Gasteiger partial charge in [-0.15, -0.1) is 6.58 Å². The molecule has 1 atom stereocenters. The molecule has 0 aromatic heterocycles. The normalized spacial score (nSPS) is 14.4. The van der Waals surface area contributed by atoms with E-state index in [2.05, 4.69) is 6.58 Å². The molecule has 0 fully saturated rings. The highest BCUT2D eigenvalue weighted by molar-refractivity contribution is 7.86. The van der Waals surface area contributed by atoms with E-state index in [4.69, 9.17) is 4.55 Å². The fraction of sp³-hybridized carbons (Fsp3) is 0.714. The summed E-state index contributed by atoms with van der Waals surface area (Å²) in [5, 5.41) is -0.789. The minimum absolute atomic E-state index is 0.457. The molecule has 0 aliphatic carbocycles. The van der Waals surface area contributed by atoms with Gasteiger partial charge in [-0.2, -0.15) is 8.42 Å². The highest BCUT2D eigenvalue weighted by Crippen LogP contribution is 2.09. The van der Waals surface area contributed by atoms with E-state index in [1.807, 2.05) is 6.92 Å². The van der Waals surface area contributed by atoms with Crippen molar-refractivity contribution in [1.29, 1.82) is 0 Å². The first-order chi connectivity index (χ1) is 5.02. The van der Waals surface area contributed by atoms with Crippen LogP contribution < -0.4 is 0 Å². The average Bonchev–Trinajstić information content (AvgIpc) is 1.87. The van der Waals surface area contributed by atoms with Crippen molar-refractivity contribution in [3.8, 4) is 0 Å². The van der Waals surface area contributed by atoms with Crippen LogP contribution in [-0.2, 0) is 10.1 Å². The van der Waals surface area contributed by atoms with Crippen molar-refractivity contribution in [3.63, 3.8) is 0 Å². The van der Waals surface area contributed by atoms with E-state index in [0.29, 0.717) is 6.42 Å². The van der Waals surface area contributed by atoms with E-state index in [0.717, 1.165) is 12.8 Å². The highest BCUT2D eigenvalue weighted by atomic mass is 32.2. The largest absolute Gasteiger partial charge is 0.285 e. The molecule has 0 radical (unpaired) electrons. The van der Waals surface area contributed by atoms with E-state index in [1.165, 1.54) is 6.08 Å². The Hall–Kier alpha value is -0.350. The van der Waals surface area contributed by atoms with Crippen LogP contribution in [0.4, 0.5) is 0 Å². The summed E-state index contributed by atoms with van der Waals surface area (Å²) in [6.45, 7) is 5.30. The van der Waals surface area contributed by atoms with Crippen LogP contribution >= 0.6 is 0 Å². The SMILES string of the molecule is C=CC(CCCC)S(=O)(=O)O. The number of unbranched alkanes of at least 4 members (excludes halogenated alkanes) is 1. The molecule has 0 aromatic rings. The molecule has 0 aliphatic rings. The molecule has 3 nitrogen and oxygen atoms in total. The molecule has 66 valence electrons. The molecule has 11 heavy (non-hydrogen) atoms. The van der Waals surface area contributed by atoms with Crippen LogP contribution in [0.1, 0.15) is 26.2 Å². The lowest BCUT2D eigenvalue weighted by atomic mass is 10.2. The van der Waals surface area contributed by atoms with Gasteiger partial charge in [0.05, 0.1) is 0 Å².